The fourth-order valence-corrected chi connectivity index (χ4v) is 3.01. The van der Waals surface area contributed by atoms with E-state index in [-0.39, 0.29) is 0 Å². The summed E-state index contributed by atoms with van der Waals surface area (Å²) in [5.74, 6) is 1.10. The van der Waals surface area contributed by atoms with Crippen LogP contribution in [-0.2, 0) is 0 Å². The highest BCUT2D eigenvalue weighted by Gasteiger charge is 2.21. The van der Waals surface area contributed by atoms with Crippen molar-refractivity contribution in [2.24, 2.45) is 0 Å². The maximum atomic E-state index is 5.84. The minimum absolute atomic E-state index is 0.338. The van der Waals surface area contributed by atoms with Crippen molar-refractivity contribution in [2.45, 2.75) is 25.8 Å². The Labute approximate surface area is 156 Å². The standard InChI is InChI=1S/C14H23N3O.C5H7N3/c1-16(2)11-6-8-17(9-7-11)12-4-5-13(15)14(10-12)18-3;1-4-2-3-7-5(6)8-4/h4-5,10-11H,6-9,15H2,1-3H3;2-3H,1H3,(H2,6,7,8). The van der Waals surface area contributed by atoms with Gasteiger partial charge in [0.05, 0.1) is 12.8 Å². The molecule has 7 nitrogen and oxygen atoms in total. The smallest absolute Gasteiger partial charge is 0.220 e. The minimum atomic E-state index is 0.338. The Morgan fingerprint density at radius 1 is 1.15 bits per heavy atom. The first-order valence-corrected chi connectivity index (χ1v) is 8.80. The van der Waals surface area contributed by atoms with E-state index in [0.29, 0.717) is 17.7 Å². The Kier molecular flexibility index (Phi) is 7.03. The van der Waals surface area contributed by atoms with Crippen LogP contribution in [0, 0.1) is 6.92 Å². The van der Waals surface area contributed by atoms with Crippen LogP contribution in [0.1, 0.15) is 18.5 Å². The molecule has 3 rings (SSSR count). The fourth-order valence-electron chi connectivity index (χ4n) is 3.01. The van der Waals surface area contributed by atoms with E-state index in [4.69, 9.17) is 16.2 Å². The van der Waals surface area contributed by atoms with Crippen LogP contribution in [0.3, 0.4) is 0 Å². The molecule has 0 saturated carbocycles. The average Bonchev–Trinajstić information content (AvgIpc) is 2.62. The lowest BCUT2D eigenvalue weighted by Crippen LogP contribution is -2.41. The Bertz CT molecular complexity index is 681. The summed E-state index contributed by atoms with van der Waals surface area (Å²) in [6, 6.07) is 8.54. The number of rotatable bonds is 3. The van der Waals surface area contributed by atoms with Gasteiger partial charge in [0.2, 0.25) is 5.95 Å². The van der Waals surface area contributed by atoms with Crippen LogP contribution in [0.2, 0.25) is 0 Å². The zero-order valence-corrected chi connectivity index (χ0v) is 16.1. The Morgan fingerprint density at radius 2 is 1.85 bits per heavy atom. The van der Waals surface area contributed by atoms with Crippen LogP contribution in [0.25, 0.3) is 0 Å². The van der Waals surface area contributed by atoms with Gasteiger partial charge in [0.15, 0.2) is 0 Å². The van der Waals surface area contributed by atoms with Gasteiger partial charge in [-0.15, -0.1) is 0 Å². The Morgan fingerprint density at radius 3 is 2.35 bits per heavy atom. The number of hydrogen-bond acceptors (Lipinski definition) is 7. The lowest BCUT2D eigenvalue weighted by Gasteiger charge is -2.36. The van der Waals surface area contributed by atoms with Crippen LogP contribution >= 0.6 is 0 Å². The van der Waals surface area contributed by atoms with E-state index in [0.717, 1.165) is 24.5 Å². The van der Waals surface area contributed by atoms with Crippen LogP contribution in [0.4, 0.5) is 17.3 Å². The first-order chi connectivity index (χ1) is 12.4. The van der Waals surface area contributed by atoms with Crippen LogP contribution in [0.5, 0.6) is 5.75 Å². The number of hydrogen-bond donors (Lipinski definition) is 2. The molecule has 0 unspecified atom stereocenters. The van der Waals surface area contributed by atoms with Crippen molar-refractivity contribution in [3.63, 3.8) is 0 Å². The highest BCUT2D eigenvalue weighted by Crippen LogP contribution is 2.29. The minimum Gasteiger partial charge on any atom is -0.495 e. The predicted octanol–water partition coefficient (Wildman–Crippen LogP) is 2.18. The van der Waals surface area contributed by atoms with Crippen molar-refractivity contribution in [1.29, 1.82) is 0 Å². The summed E-state index contributed by atoms with van der Waals surface area (Å²) >= 11 is 0. The zero-order chi connectivity index (χ0) is 19.1. The third-order valence-electron chi connectivity index (χ3n) is 4.59. The third-order valence-corrected chi connectivity index (χ3v) is 4.59. The van der Waals surface area contributed by atoms with Crippen molar-refractivity contribution in [3.05, 3.63) is 36.2 Å². The maximum absolute atomic E-state index is 5.84. The molecule has 0 bridgehead atoms. The molecule has 2 heterocycles. The third kappa shape index (κ3) is 5.49. The number of nitrogens with zero attached hydrogens (tertiary/aromatic N) is 4. The van der Waals surface area contributed by atoms with E-state index in [1.165, 1.54) is 18.5 Å². The number of benzene rings is 1. The van der Waals surface area contributed by atoms with Crippen molar-refractivity contribution in [3.8, 4) is 5.75 Å². The first kappa shape index (κ1) is 19.8. The lowest BCUT2D eigenvalue weighted by molar-refractivity contribution is 0.249. The molecular formula is C19H30N6O. The second-order valence-corrected chi connectivity index (χ2v) is 6.66. The zero-order valence-electron chi connectivity index (χ0n) is 16.1. The number of anilines is 3. The van der Waals surface area contributed by atoms with Gasteiger partial charge >= 0.3 is 0 Å². The number of methoxy groups -OCH3 is 1. The summed E-state index contributed by atoms with van der Waals surface area (Å²) in [6.45, 7) is 4.06. The van der Waals surface area contributed by atoms with E-state index in [1.807, 2.05) is 19.1 Å². The van der Waals surface area contributed by atoms with Crippen LogP contribution < -0.4 is 21.1 Å². The molecule has 1 aliphatic heterocycles. The molecular weight excluding hydrogens is 328 g/mol. The molecule has 2 aromatic rings. The molecule has 1 saturated heterocycles. The molecule has 142 valence electrons. The molecule has 0 aliphatic carbocycles. The number of ether oxygens (including phenoxy) is 1. The lowest BCUT2D eigenvalue weighted by atomic mass is 10.0. The molecule has 1 fully saturated rings. The molecule has 1 aliphatic rings. The van der Waals surface area contributed by atoms with Crippen molar-refractivity contribution in [1.82, 2.24) is 14.9 Å². The first-order valence-electron chi connectivity index (χ1n) is 8.80. The van der Waals surface area contributed by atoms with Gasteiger partial charge in [-0.3, -0.25) is 0 Å². The molecule has 1 aromatic carbocycles. The molecule has 0 spiro atoms. The Balaban J connectivity index is 0.000000254. The molecule has 0 amide bonds. The van der Waals surface area contributed by atoms with Crippen molar-refractivity contribution < 1.29 is 4.74 Å². The average molecular weight is 358 g/mol. The summed E-state index contributed by atoms with van der Waals surface area (Å²) in [5, 5.41) is 0. The van der Waals surface area contributed by atoms with Gasteiger partial charge < -0.3 is 26.0 Å². The highest BCUT2D eigenvalue weighted by molar-refractivity contribution is 5.62. The molecule has 4 N–H and O–H groups in total. The monoisotopic (exact) mass is 358 g/mol. The summed E-state index contributed by atoms with van der Waals surface area (Å²) < 4.78 is 5.28. The van der Waals surface area contributed by atoms with Crippen LogP contribution in [-0.4, -0.2) is 55.2 Å². The number of nitrogens with two attached hydrogens (primary N) is 2. The summed E-state index contributed by atoms with van der Waals surface area (Å²) in [6.07, 6.45) is 4.05. The van der Waals surface area contributed by atoms with Crippen molar-refractivity contribution >= 4 is 17.3 Å². The summed E-state index contributed by atoms with van der Waals surface area (Å²) in [5.41, 5.74) is 13.9. The largest absolute Gasteiger partial charge is 0.495 e. The summed E-state index contributed by atoms with van der Waals surface area (Å²) in [7, 11) is 5.98. The van der Waals surface area contributed by atoms with E-state index < -0.39 is 0 Å². The molecule has 0 atom stereocenters. The molecule has 1 aromatic heterocycles. The van der Waals surface area contributed by atoms with E-state index in [9.17, 15) is 0 Å². The number of aryl methyl sites for hydroxylation is 1. The van der Waals surface area contributed by atoms with Gasteiger partial charge in [-0.05, 0) is 52.1 Å². The SMILES string of the molecule is COc1cc(N2CCC(N(C)C)CC2)ccc1N.Cc1ccnc(N)n1. The second-order valence-electron chi connectivity index (χ2n) is 6.66. The Hall–Kier alpha value is -2.54. The molecule has 7 heteroatoms. The number of aromatic nitrogens is 2. The van der Waals surface area contributed by atoms with Gasteiger partial charge in [-0.25, -0.2) is 9.97 Å². The predicted molar refractivity (Wildman–Crippen MR) is 108 cm³/mol. The fraction of sp³-hybridized carbons (Fsp3) is 0.474. The number of nitrogen functional groups attached to an aromatic ring is 2. The van der Waals surface area contributed by atoms with Gasteiger partial charge in [0.25, 0.3) is 0 Å². The van der Waals surface area contributed by atoms with Gasteiger partial charge in [0, 0.05) is 42.8 Å². The highest BCUT2D eigenvalue weighted by atomic mass is 16.5. The molecule has 26 heavy (non-hydrogen) atoms. The van der Waals surface area contributed by atoms with E-state index in [1.54, 1.807) is 19.4 Å². The molecule has 0 radical (unpaired) electrons. The van der Waals surface area contributed by atoms with Gasteiger partial charge in [-0.2, -0.15) is 0 Å². The van der Waals surface area contributed by atoms with Gasteiger partial charge in [-0.1, -0.05) is 0 Å². The van der Waals surface area contributed by atoms with Crippen LogP contribution in [0.15, 0.2) is 30.5 Å². The van der Waals surface area contributed by atoms with Gasteiger partial charge in [0.1, 0.15) is 5.75 Å². The summed E-state index contributed by atoms with van der Waals surface area (Å²) in [4.78, 5) is 12.3. The second kappa shape index (κ2) is 9.24. The number of piperidine rings is 1. The van der Waals surface area contributed by atoms with E-state index in [2.05, 4.69) is 39.9 Å². The quantitative estimate of drug-likeness (QED) is 0.812. The van der Waals surface area contributed by atoms with Crippen molar-refractivity contribution in [2.75, 3.05) is 50.7 Å². The normalized spacial score (nSPS) is 14.7. The van der Waals surface area contributed by atoms with E-state index >= 15 is 0 Å². The topological polar surface area (TPSA) is 93.5 Å². The maximum Gasteiger partial charge on any atom is 0.220 e.